The first-order valence-corrected chi connectivity index (χ1v) is 6.11. The van der Waals surface area contributed by atoms with Crippen LogP contribution in [-0.4, -0.2) is 26.9 Å². The van der Waals surface area contributed by atoms with E-state index in [-0.39, 0.29) is 18.0 Å². The molecule has 1 aromatic heterocycles. The van der Waals surface area contributed by atoms with Gasteiger partial charge in [0.05, 0.1) is 36.0 Å². The third-order valence-electron chi connectivity index (χ3n) is 3.01. The number of benzene rings is 1. The lowest BCUT2D eigenvalue weighted by molar-refractivity contribution is -0.384. The van der Waals surface area contributed by atoms with Crippen LogP contribution in [0.3, 0.4) is 0 Å². The van der Waals surface area contributed by atoms with Gasteiger partial charge in [-0.1, -0.05) is 0 Å². The van der Waals surface area contributed by atoms with Gasteiger partial charge in [-0.2, -0.15) is 5.10 Å². The SMILES string of the molecule is COc1cc([N+](=O)[O-])ccc1Oc1c(CO)c(C)nn1C. The van der Waals surface area contributed by atoms with Crippen molar-refractivity contribution in [3.05, 3.63) is 39.6 Å². The molecule has 21 heavy (non-hydrogen) atoms. The predicted octanol–water partition coefficient (Wildman–Crippen LogP) is 1.93. The van der Waals surface area contributed by atoms with Gasteiger partial charge in [0.1, 0.15) is 0 Å². The van der Waals surface area contributed by atoms with Gasteiger partial charge in [-0.05, 0) is 13.0 Å². The fraction of sp³-hybridized carbons (Fsp3) is 0.308. The Balaban J connectivity index is 2.42. The highest BCUT2D eigenvalue weighted by molar-refractivity contribution is 5.50. The zero-order valence-electron chi connectivity index (χ0n) is 11.9. The number of non-ortho nitro benzene ring substituents is 1. The standard InChI is InChI=1S/C13H15N3O5/c1-8-10(7-17)13(15(2)14-8)21-11-5-4-9(16(18)19)6-12(11)20-3/h4-6,17H,7H2,1-3H3. The van der Waals surface area contributed by atoms with E-state index in [4.69, 9.17) is 9.47 Å². The summed E-state index contributed by atoms with van der Waals surface area (Å²) in [5.74, 6) is 0.898. The summed E-state index contributed by atoms with van der Waals surface area (Å²) in [6, 6.07) is 4.04. The molecule has 0 spiro atoms. The molecule has 1 heterocycles. The van der Waals surface area contributed by atoms with Gasteiger partial charge in [0, 0.05) is 13.1 Å². The average molecular weight is 293 g/mol. The molecule has 0 saturated heterocycles. The molecule has 2 aromatic rings. The minimum absolute atomic E-state index is 0.0947. The molecule has 1 aromatic carbocycles. The second kappa shape index (κ2) is 5.80. The molecule has 0 fully saturated rings. The number of ether oxygens (including phenoxy) is 2. The van der Waals surface area contributed by atoms with Crippen LogP contribution in [0.4, 0.5) is 5.69 Å². The number of aromatic nitrogens is 2. The van der Waals surface area contributed by atoms with Gasteiger partial charge < -0.3 is 14.6 Å². The second-order valence-corrected chi connectivity index (χ2v) is 4.35. The van der Waals surface area contributed by atoms with Gasteiger partial charge in [-0.3, -0.25) is 10.1 Å². The molecule has 0 aliphatic rings. The number of rotatable bonds is 5. The van der Waals surface area contributed by atoms with Crippen LogP contribution in [0.2, 0.25) is 0 Å². The number of aliphatic hydroxyl groups is 1. The first-order chi connectivity index (χ1) is 9.97. The lowest BCUT2D eigenvalue weighted by atomic mass is 10.2. The summed E-state index contributed by atoms with van der Waals surface area (Å²) >= 11 is 0. The Morgan fingerprint density at radius 1 is 1.43 bits per heavy atom. The molecule has 112 valence electrons. The van der Waals surface area contributed by atoms with Crippen molar-refractivity contribution in [2.24, 2.45) is 7.05 Å². The van der Waals surface area contributed by atoms with Gasteiger partial charge >= 0.3 is 0 Å². The highest BCUT2D eigenvalue weighted by Gasteiger charge is 2.18. The monoisotopic (exact) mass is 293 g/mol. The molecule has 0 atom stereocenters. The van der Waals surface area contributed by atoms with E-state index in [1.807, 2.05) is 0 Å². The Bertz CT molecular complexity index is 681. The Morgan fingerprint density at radius 3 is 2.71 bits per heavy atom. The van der Waals surface area contributed by atoms with Crippen molar-refractivity contribution < 1.29 is 19.5 Å². The van der Waals surface area contributed by atoms with Gasteiger partial charge in [-0.25, -0.2) is 4.68 Å². The van der Waals surface area contributed by atoms with E-state index >= 15 is 0 Å². The number of hydrogen-bond acceptors (Lipinski definition) is 6. The summed E-state index contributed by atoms with van der Waals surface area (Å²) in [5.41, 5.74) is 1.11. The predicted molar refractivity (Wildman–Crippen MR) is 73.6 cm³/mol. The molecule has 8 nitrogen and oxygen atoms in total. The van der Waals surface area contributed by atoms with E-state index < -0.39 is 4.92 Å². The van der Waals surface area contributed by atoms with Crippen LogP contribution in [0.15, 0.2) is 18.2 Å². The second-order valence-electron chi connectivity index (χ2n) is 4.35. The van der Waals surface area contributed by atoms with E-state index in [2.05, 4.69) is 5.10 Å². The topological polar surface area (TPSA) is 99.7 Å². The lowest BCUT2D eigenvalue weighted by Crippen LogP contribution is -1.99. The molecule has 2 rings (SSSR count). The summed E-state index contributed by atoms with van der Waals surface area (Å²) in [4.78, 5) is 10.2. The van der Waals surface area contributed by atoms with Crippen LogP contribution in [0, 0.1) is 17.0 Å². The number of nitro groups is 1. The normalized spacial score (nSPS) is 10.5. The van der Waals surface area contributed by atoms with Gasteiger partial charge in [0.15, 0.2) is 11.5 Å². The Kier molecular flexibility index (Phi) is 4.08. The van der Waals surface area contributed by atoms with Crippen LogP contribution in [0.1, 0.15) is 11.3 Å². The molecular weight excluding hydrogens is 278 g/mol. The summed E-state index contributed by atoms with van der Waals surface area (Å²) < 4.78 is 12.3. The summed E-state index contributed by atoms with van der Waals surface area (Å²) in [6.07, 6.45) is 0. The third-order valence-corrected chi connectivity index (χ3v) is 3.01. The van der Waals surface area contributed by atoms with Gasteiger partial charge in [0.25, 0.3) is 5.69 Å². The van der Waals surface area contributed by atoms with E-state index in [0.717, 1.165) is 0 Å². The molecule has 0 saturated carbocycles. The first kappa shape index (κ1) is 14.8. The van der Waals surface area contributed by atoms with Crippen molar-refractivity contribution in [3.8, 4) is 17.4 Å². The lowest BCUT2D eigenvalue weighted by Gasteiger charge is -2.11. The molecule has 8 heteroatoms. The maximum atomic E-state index is 10.8. The minimum Gasteiger partial charge on any atom is -0.493 e. The number of aryl methyl sites for hydroxylation is 2. The van der Waals surface area contributed by atoms with E-state index in [1.54, 1.807) is 14.0 Å². The smallest absolute Gasteiger partial charge is 0.273 e. The molecule has 0 amide bonds. The molecule has 1 N–H and O–H groups in total. The number of hydrogen-bond donors (Lipinski definition) is 1. The minimum atomic E-state index is -0.514. The summed E-state index contributed by atoms with van der Waals surface area (Å²) in [6.45, 7) is 1.54. The van der Waals surface area contributed by atoms with Crippen LogP contribution >= 0.6 is 0 Å². The quantitative estimate of drug-likeness (QED) is 0.668. The molecule has 0 unspecified atom stereocenters. The highest BCUT2D eigenvalue weighted by atomic mass is 16.6. The molecular formula is C13H15N3O5. The van der Waals surface area contributed by atoms with E-state index in [1.165, 1.54) is 30.0 Å². The van der Waals surface area contributed by atoms with Crippen molar-refractivity contribution >= 4 is 5.69 Å². The van der Waals surface area contributed by atoms with Crippen molar-refractivity contribution in [3.63, 3.8) is 0 Å². The third kappa shape index (κ3) is 2.79. The van der Waals surface area contributed by atoms with Crippen LogP contribution < -0.4 is 9.47 Å². The first-order valence-electron chi connectivity index (χ1n) is 6.11. The van der Waals surface area contributed by atoms with Gasteiger partial charge in [0.2, 0.25) is 5.88 Å². The Labute approximate surface area is 120 Å². The maximum Gasteiger partial charge on any atom is 0.273 e. The Hall–Kier alpha value is -2.61. The summed E-state index contributed by atoms with van der Waals surface area (Å²) in [7, 11) is 3.08. The van der Waals surface area contributed by atoms with Gasteiger partial charge in [-0.15, -0.1) is 0 Å². The molecule has 0 bridgehead atoms. The van der Waals surface area contributed by atoms with Crippen LogP contribution in [0.25, 0.3) is 0 Å². The molecule has 0 aliphatic heterocycles. The largest absolute Gasteiger partial charge is 0.493 e. The zero-order chi connectivity index (χ0) is 15.6. The average Bonchev–Trinajstić information content (AvgIpc) is 2.72. The highest BCUT2D eigenvalue weighted by Crippen LogP contribution is 2.36. The fourth-order valence-corrected chi connectivity index (χ4v) is 1.95. The fourth-order valence-electron chi connectivity index (χ4n) is 1.95. The van der Waals surface area contributed by atoms with E-state index in [9.17, 15) is 15.2 Å². The number of methoxy groups -OCH3 is 1. The maximum absolute atomic E-state index is 10.8. The van der Waals surface area contributed by atoms with Crippen LogP contribution in [-0.2, 0) is 13.7 Å². The number of nitrogens with zero attached hydrogens (tertiary/aromatic N) is 3. The van der Waals surface area contributed by atoms with Crippen molar-refractivity contribution in [1.82, 2.24) is 9.78 Å². The Morgan fingerprint density at radius 2 is 2.14 bits per heavy atom. The van der Waals surface area contributed by atoms with Crippen molar-refractivity contribution in [2.75, 3.05) is 7.11 Å². The summed E-state index contributed by atoms with van der Waals surface area (Å²) in [5, 5.41) is 24.3. The van der Waals surface area contributed by atoms with E-state index in [0.29, 0.717) is 22.9 Å². The number of nitro benzene ring substituents is 1. The van der Waals surface area contributed by atoms with Crippen molar-refractivity contribution in [1.29, 1.82) is 0 Å². The van der Waals surface area contributed by atoms with Crippen molar-refractivity contribution in [2.45, 2.75) is 13.5 Å². The molecule has 0 aliphatic carbocycles. The zero-order valence-corrected chi connectivity index (χ0v) is 11.9. The van der Waals surface area contributed by atoms with Crippen LogP contribution in [0.5, 0.6) is 17.4 Å². The number of aliphatic hydroxyl groups excluding tert-OH is 1. The molecule has 0 radical (unpaired) electrons.